The fraction of sp³-hybridized carbons (Fsp3) is 0.0889. The lowest BCUT2D eigenvalue weighted by molar-refractivity contribution is 0.101. The summed E-state index contributed by atoms with van der Waals surface area (Å²) in [4.78, 5) is 59.1. The quantitative estimate of drug-likeness (QED) is 0.0745. The van der Waals surface area contributed by atoms with Crippen LogP contribution in [-0.4, -0.2) is 126 Å². The van der Waals surface area contributed by atoms with Gasteiger partial charge in [0.1, 0.15) is 84.0 Å². The average Bonchev–Trinajstić information content (AvgIpc) is 1.44. The number of hydrogen-bond donors (Lipinski definition) is 6. The van der Waals surface area contributed by atoms with Crippen molar-refractivity contribution in [3.8, 4) is 0 Å². The minimum Gasteiger partial charge on any atom is -0.744 e. The van der Waals surface area contributed by atoms with E-state index in [1.165, 1.54) is 83.4 Å². The number of urea groups is 1. The number of carbonyl (C=O) groups excluding carboxylic acids is 5. The SMILES string of the molecule is Cn1cc(C(=O)Nc2cc(C(=O)Nc3ccc(S(=O)(=O)[O-])c4cc(S(=O)(=O)[O-])cc(S(=O)(=O)[O-])c34)cn2C)cc1NC(=O)Nc1cc(C(=O)Nc2cc(C(=O)Nc3ccc(S(=O)(=O)[O-])c4cc(S(=O)(=O)[O-])cc(S(=O)(=O)[O-])c34)cn2C)cn1C. The van der Waals surface area contributed by atoms with Crippen LogP contribution >= 0.6 is 0 Å². The Morgan fingerprint density at radius 1 is 0.333 bits per heavy atom. The first-order valence-electron chi connectivity index (χ1n) is 22.6. The molecule has 0 unspecified atom stereocenters. The van der Waals surface area contributed by atoms with Gasteiger partial charge in [-0.05, 0) is 72.8 Å². The molecule has 8 aromatic rings. The fourth-order valence-corrected chi connectivity index (χ4v) is 12.4. The lowest BCUT2D eigenvalue weighted by atomic mass is 10.1. The summed E-state index contributed by atoms with van der Waals surface area (Å²) >= 11 is 0. The van der Waals surface area contributed by atoms with Crippen LogP contribution in [0.4, 0.5) is 39.4 Å². The molecule has 0 fully saturated rings. The number of carbonyl (C=O) groups is 5. The van der Waals surface area contributed by atoms with Crippen LogP contribution in [0.5, 0.6) is 0 Å². The molecule has 444 valence electrons. The molecule has 0 aliphatic heterocycles. The van der Waals surface area contributed by atoms with E-state index in [-0.39, 0.29) is 57.7 Å². The van der Waals surface area contributed by atoms with Gasteiger partial charge in [-0.15, -0.1) is 0 Å². The third-order valence-corrected chi connectivity index (χ3v) is 17.3. The molecule has 6 amide bonds. The van der Waals surface area contributed by atoms with Gasteiger partial charge in [0.25, 0.3) is 23.6 Å². The van der Waals surface area contributed by atoms with Crippen molar-refractivity contribution >= 4 is 147 Å². The van der Waals surface area contributed by atoms with Crippen molar-refractivity contribution in [2.75, 3.05) is 31.9 Å². The molecule has 0 bridgehead atoms. The Labute approximate surface area is 473 Å². The molecular formula is C45H34N10O23S6-6. The zero-order chi connectivity index (χ0) is 62.3. The summed E-state index contributed by atoms with van der Waals surface area (Å²) in [7, 11) is -28.0. The molecule has 0 saturated heterocycles. The number of aryl methyl sites for hydroxylation is 4. The van der Waals surface area contributed by atoms with Crippen LogP contribution in [0.25, 0.3) is 21.5 Å². The van der Waals surface area contributed by atoms with E-state index >= 15 is 0 Å². The molecule has 0 aliphatic carbocycles. The van der Waals surface area contributed by atoms with E-state index in [0.29, 0.717) is 24.3 Å². The van der Waals surface area contributed by atoms with Crippen molar-refractivity contribution in [2.24, 2.45) is 28.2 Å². The smallest absolute Gasteiger partial charge is 0.325 e. The molecule has 6 N–H and O–H groups in total. The molecule has 0 spiro atoms. The van der Waals surface area contributed by atoms with Crippen LogP contribution in [0.15, 0.2) is 127 Å². The molecular weight excluding hydrogens is 1240 g/mol. The Morgan fingerprint density at radius 2 is 0.595 bits per heavy atom. The minimum atomic E-state index is -5.74. The summed E-state index contributed by atoms with van der Waals surface area (Å²) in [6.45, 7) is 0. The van der Waals surface area contributed by atoms with Crippen molar-refractivity contribution in [1.29, 1.82) is 0 Å². The largest absolute Gasteiger partial charge is 0.744 e. The monoisotopic (exact) mass is 1270 g/mol. The summed E-state index contributed by atoms with van der Waals surface area (Å²) in [5.74, 6) is -3.74. The van der Waals surface area contributed by atoms with Gasteiger partial charge in [0, 0.05) is 74.5 Å². The van der Waals surface area contributed by atoms with Crippen molar-refractivity contribution < 1.29 is 102 Å². The second-order valence-corrected chi connectivity index (χ2v) is 26.1. The van der Waals surface area contributed by atoms with E-state index in [1.54, 1.807) is 0 Å². The standard InChI is InChI=1S/C45H40N10O23S6/c1-52-17-21(41(56)46-29-5-7-31(81(67,68)69)27-13-25(79(61,62)63)15-33(39(27)29)83(73,74)75)9-35(52)48-43(58)23-11-37(54(3)19-23)50-45(60)51-38-12-24(20-55(38)4)44(59)49-36-10-22(18-53(36)2)42(57)47-30-6-8-32(82(70,71)72)28-14-26(80(64,65)66)16-34(40(28)30)84(76,77)78/h5-20H,1-4H3,(H,46,56)(H,47,57)(H,48,58)(H,49,59)(H2,50,51,60)(H,61,62,63)(H,64,65,66)(H,67,68,69)(H,70,71,72)(H,73,74,75)(H,76,77,78)/p-6. The summed E-state index contributed by atoms with van der Waals surface area (Å²) in [6, 6.07) is 7.51. The first-order chi connectivity index (χ1) is 38.6. The molecule has 0 radical (unpaired) electrons. The molecule has 84 heavy (non-hydrogen) atoms. The highest BCUT2D eigenvalue weighted by atomic mass is 32.2. The van der Waals surface area contributed by atoms with Gasteiger partial charge < -0.3 is 66.9 Å². The van der Waals surface area contributed by atoms with Gasteiger partial charge in [0.2, 0.25) is 0 Å². The van der Waals surface area contributed by atoms with Crippen LogP contribution in [0.2, 0.25) is 0 Å². The predicted octanol–water partition coefficient (Wildman–Crippen LogP) is 1.42. The molecule has 4 heterocycles. The van der Waals surface area contributed by atoms with E-state index in [0.717, 1.165) is 24.3 Å². The second kappa shape index (κ2) is 21.4. The Morgan fingerprint density at radius 3 is 0.857 bits per heavy atom. The Bertz CT molecular complexity index is 4640. The topological polar surface area (TPSA) is 520 Å². The zero-order valence-corrected chi connectivity index (χ0v) is 47.3. The molecule has 0 atom stereocenters. The summed E-state index contributed by atoms with van der Waals surface area (Å²) in [6.07, 6.45) is 4.95. The Kier molecular flexibility index (Phi) is 15.6. The Balaban J connectivity index is 0.928. The first kappa shape index (κ1) is 61.2. The predicted molar refractivity (Wildman–Crippen MR) is 282 cm³/mol. The van der Waals surface area contributed by atoms with Gasteiger partial charge in [-0.3, -0.25) is 29.8 Å². The van der Waals surface area contributed by atoms with E-state index in [2.05, 4.69) is 31.9 Å². The van der Waals surface area contributed by atoms with Crippen LogP contribution in [-0.2, 0) is 88.9 Å². The minimum absolute atomic E-state index is 0.0383. The van der Waals surface area contributed by atoms with E-state index in [1.807, 2.05) is 0 Å². The number of fused-ring (bicyclic) bond motifs is 2. The number of nitrogens with zero attached hydrogens (tertiary/aromatic N) is 4. The summed E-state index contributed by atoms with van der Waals surface area (Å²) < 4.78 is 222. The lowest BCUT2D eigenvalue weighted by Crippen LogP contribution is -2.22. The summed E-state index contributed by atoms with van der Waals surface area (Å²) in [5, 5.41) is 10.8. The molecule has 0 aliphatic rings. The highest BCUT2D eigenvalue weighted by Gasteiger charge is 2.26. The van der Waals surface area contributed by atoms with Crippen molar-refractivity contribution in [3.05, 3.63) is 120 Å². The molecule has 0 saturated carbocycles. The van der Waals surface area contributed by atoms with Crippen molar-refractivity contribution in [3.63, 3.8) is 0 Å². The number of benzene rings is 4. The summed E-state index contributed by atoms with van der Waals surface area (Å²) in [5.41, 5.74) is -1.83. The third kappa shape index (κ3) is 12.7. The maximum Gasteiger partial charge on any atom is 0.325 e. The molecule has 4 aromatic carbocycles. The van der Waals surface area contributed by atoms with E-state index < -0.39 is 153 Å². The first-order valence-corrected chi connectivity index (χ1v) is 31.0. The van der Waals surface area contributed by atoms with Gasteiger partial charge in [0.05, 0.1) is 63.0 Å². The van der Waals surface area contributed by atoms with E-state index in [4.69, 9.17) is 0 Å². The van der Waals surface area contributed by atoms with Crippen molar-refractivity contribution in [1.82, 2.24) is 18.3 Å². The van der Waals surface area contributed by atoms with Crippen LogP contribution in [0.3, 0.4) is 0 Å². The number of rotatable bonds is 16. The zero-order valence-electron chi connectivity index (χ0n) is 42.4. The number of aromatic nitrogens is 4. The number of hydrogen-bond acceptors (Lipinski definition) is 23. The van der Waals surface area contributed by atoms with Gasteiger partial charge in [-0.1, -0.05) is 0 Å². The second-order valence-electron chi connectivity index (χ2n) is 17.9. The number of nitrogens with one attached hydrogen (secondary N) is 6. The maximum atomic E-state index is 13.5. The normalized spacial score (nSPS) is 12.5. The van der Waals surface area contributed by atoms with Gasteiger partial charge >= 0.3 is 6.03 Å². The van der Waals surface area contributed by atoms with Gasteiger partial charge in [-0.2, -0.15) is 0 Å². The third-order valence-electron chi connectivity index (χ3n) is 12.2. The number of anilines is 6. The van der Waals surface area contributed by atoms with Crippen molar-refractivity contribution in [2.45, 2.75) is 29.4 Å². The van der Waals surface area contributed by atoms with Gasteiger partial charge in [-0.25, -0.2) is 55.3 Å². The maximum absolute atomic E-state index is 13.5. The highest BCUT2D eigenvalue weighted by Crippen LogP contribution is 2.39. The average molecular weight is 1280 g/mol. The Hall–Kier alpha value is -8.87. The number of amides is 6. The molecule has 8 rings (SSSR count). The van der Waals surface area contributed by atoms with E-state index in [9.17, 15) is 102 Å². The molecule has 33 nitrogen and oxygen atoms in total. The van der Waals surface area contributed by atoms with Gasteiger partial charge in [0.15, 0.2) is 0 Å². The lowest BCUT2D eigenvalue weighted by Gasteiger charge is -2.20. The molecule has 4 aromatic heterocycles. The van der Waals surface area contributed by atoms with Crippen LogP contribution in [0.1, 0.15) is 41.4 Å². The van der Waals surface area contributed by atoms with Crippen LogP contribution < -0.4 is 31.9 Å². The molecule has 39 heteroatoms. The highest BCUT2D eigenvalue weighted by molar-refractivity contribution is 7.87. The van der Waals surface area contributed by atoms with Crippen LogP contribution in [0, 0.1) is 0 Å². The fourth-order valence-electron chi connectivity index (χ4n) is 8.40.